The van der Waals surface area contributed by atoms with E-state index >= 15 is 0 Å². The zero-order chi connectivity index (χ0) is 12.2. The SMILES string of the molecule is CNCCNS(=O)(=O)c1cccc(Br)c1C.Cl. The topological polar surface area (TPSA) is 58.2 Å². The van der Waals surface area contributed by atoms with Crippen LogP contribution >= 0.6 is 28.3 Å². The molecule has 0 aliphatic carbocycles. The first kappa shape index (κ1) is 16.9. The molecular weight excluding hydrogens is 328 g/mol. The zero-order valence-electron chi connectivity index (χ0n) is 9.66. The van der Waals surface area contributed by atoms with Crippen LogP contribution in [-0.2, 0) is 10.0 Å². The molecule has 0 aliphatic heterocycles. The highest BCUT2D eigenvalue weighted by Gasteiger charge is 2.16. The number of rotatable bonds is 5. The molecule has 0 fully saturated rings. The first-order valence-electron chi connectivity index (χ1n) is 4.88. The van der Waals surface area contributed by atoms with Gasteiger partial charge in [0.25, 0.3) is 0 Å². The van der Waals surface area contributed by atoms with E-state index in [2.05, 4.69) is 26.0 Å². The van der Waals surface area contributed by atoms with Gasteiger partial charge in [-0.25, -0.2) is 13.1 Å². The first-order chi connectivity index (χ1) is 7.49. The van der Waals surface area contributed by atoms with Gasteiger partial charge in [-0.05, 0) is 31.7 Å². The molecule has 98 valence electrons. The van der Waals surface area contributed by atoms with Gasteiger partial charge < -0.3 is 5.32 Å². The number of hydrogen-bond donors (Lipinski definition) is 2. The Kier molecular flexibility index (Phi) is 7.27. The zero-order valence-corrected chi connectivity index (χ0v) is 12.9. The van der Waals surface area contributed by atoms with E-state index in [-0.39, 0.29) is 12.4 Å². The van der Waals surface area contributed by atoms with Crippen molar-refractivity contribution in [2.24, 2.45) is 0 Å². The summed E-state index contributed by atoms with van der Waals surface area (Å²) >= 11 is 3.32. The van der Waals surface area contributed by atoms with Crippen molar-refractivity contribution in [2.75, 3.05) is 20.1 Å². The molecule has 17 heavy (non-hydrogen) atoms. The van der Waals surface area contributed by atoms with Crippen molar-refractivity contribution in [3.8, 4) is 0 Å². The summed E-state index contributed by atoms with van der Waals surface area (Å²) in [6.45, 7) is 2.76. The third kappa shape index (κ3) is 4.56. The summed E-state index contributed by atoms with van der Waals surface area (Å²) in [5.74, 6) is 0. The Morgan fingerprint density at radius 1 is 1.29 bits per heavy atom. The van der Waals surface area contributed by atoms with Crippen LogP contribution in [0.15, 0.2) is 27.6 Å². The molecule has 0 saturated heterocycles. The average Bonchev–Trinajstić information content (AvgIpc) is 2.22. The molecule has 0 atom stereocenters. The molecule has 0 spiro atoms. The second-order valence-corrected chi connectivity index (χ2v) is 5.95. The Balaban J connectivity index is 0.00000256. The van der Waals surface area contributed by atoms with Crippen molar-refractivity contribution < 1.29 is 8.42 Å². The van der Waals surface area contributed by atoms with E-state index in [0.29, 0.717) is 18.0 Å². The number of likely N-dealkylation sites (N-methyl/N-ethyl adjacent to an activating group) is 1. The van der Waals surface area contributed by atoms with Crippen LogP contribution in [0.25, 0.3) is 0 Å². The average molecular weight is 344 g/mol. The second kappa shape index (κ2) is 7.33. The van der Waals surface area contributed by atoms with Crippen molar-refractivity contribution in [3.63, 3.8) is 0 Å². The Bertz CT molecular complexity index is 465. The Morgan fingerprint density at radius 2 is 1.94 bits per heavy atom. The van der Waals surface area contributed by atoms with Crippen molar-refractivity contribution in [2.45, 2.75) is 11.8 Å². The largest absolute Gasteiger partial charge is 0.318 e. The smallest absolute Gasteiger partial charge is 0.240 e. The third-order valence-electron chi connectivity index (χ3n) is 2.17. The summed E-state index contributed by atoms with van der Waals surface area (Å²) in [6.07, 6.45) is 0. The molecule has 0 radical (unpaired) electrons. The normalized spacial score (nSPS) is 11.0. The third-order valence-corrected chi connectivity index (χ3v) is 4.64. The lowest BCUT2D eigenvalue weighted by molar-refractivity contribution is 0.579. The minimum atomic E-state index is -3.41. The maximum atomic E-state index is 11.9. The van der Waals surface area contributed by atoms with Gasteiger partial charge in [0.05, 0.1) is 4.90 Å². The molecule has 0 unspecified atom stereocenters. The summed E-state index contributed by atoms with van der Waals surface area (Å²) < 4.78 is 27.2. The lowest BCUT2D eigenvalue weighted by atomic mass is 10.2. The Labute approximate surface area is 117 Å². The van der Waals surface area contributed by atoms with E-state index in [1.807, 2.05) is 6.07 Å². The van der Waals surface area contributed by atoms with Crippen LogP contribution < -0.4 is 10.0 Å². The van der Waals surface area contributed by atoms with Crippen LogP contribution in [0.3, 0.4) is 0 Å². The summed E-state index contributed by atoms with van der Waals surface area (Å²) in [4.78, 5) is 0.318. The fraction of sp³-hybridized carbons (Fsp3) is 0.400. The van der Waals surface area contributed by atoms with Gasteiger partial charge in [0.15, 0.2) is 0 Å². The molecule has 0 amide bonds. The highest BCUT2D eigenvalue weighted by Crippen LogP contribution is 2.22. The molecule has 1 aromatic carbocycles. The fourth-order valence-electron chi connectivity index (χ4n) is 1.27. The Hall–Kier alpha value is -0.140. The van der Waals surface area contributed by atoms with E-state index in [0.717, 1.165) is 10.0 Å². The van der Waals surface area contributed by atoms with E-state index in [1.165, 1.54) is 0 Å². The highest BCUT2D eigenvalue weighted by atomic mass is 79.9. The van der Waals surface area contributed by atoms with Crippen molar-refractivity contribution >= 4 is 38.4 Å². The van der Waals surface area contributed by atoms with Crippen LogP contribution in [-0.4, -0.2) is 28.6 Å². The molecule has 0 aromatic heterocycles. The van der Waals surface area contributed by atoms with E-state index in [1.54, 1.807) is 26.1 Å². The maximum Gasteiger partial charge on any atom is 0.240 e. The summed E-state index contributed by atoms with van der Waals surface area (Å²) in [6, 6.07) is 5.13. The highest BCUT2D eigenvalue weighted by molar-refractivity contribution is 9.10. The molecular formula is C10H16BrClN2O2S. The maximum absolute atomic E-state index is 11.9. The van der Waals surface area contributed by atoms with Crippen LogP contribution in [0.4, 0.5) is 0 Å². The molecule has 0 bridgehead atoms. The number of nitrogens with one attached hydrogen (secondary N) is 2. The quantitative estimate of drug-likeness (QED) is 0.800. The number of benzene rings is 1. The van der Waals surface area contributed by atoms with Crippen molar-refractivity contribution in [3.05, 3.63) is 28.2 Å². The summed E-state index contributed by atoms with van der Waals surface area (Å²) in [5, 5.41) is 2.88. The molecule has 7 heteroatoms. The lowest BCUT2D eigenvalue weighted by Crippen LogP contribution is -2.30. The fourth-order valence-corrected chi connectivity index (χ4v) is 3.06. The van der Waals surface area contributed by atoms with Crippen LogP contribution in [0.2, 0.25) is 0 Å². The second-order valence-electron chi connectivity index (χ2n) is 3.36. The number of sulfonamides is 1. The van der Waals surface area contributed by atoms with E-state index in [4.69, 9.17) is 0 Å². The molecule has 2 N–H and O–H groups in total. The molecule has 0 saturated carbocycles. The lowest BCUT2D eigenvalue weighted by Gasteiger charge is -2.09. The minimum absolute atomic E-state index is 0. The van der Waals surface area contributed by atoms with E-state index < -0.39 is 10.0 Å². The van der Waals surface area contributed by atoms with Gasteiger partial charge in [-0.2, -0.15) is 0 Å². The molecule has 0 heterocycles. The van der Waals surface area contributed by atoms with E-state index in [9.17, 15) is 8.42 Å². The van der Waals surface area contributed by atoms with Gasteiger partial charge in [0.2, 0.25) is 10.0 Å². The van der Waals surface area contributed by atoms with Gasteiger partial charge in [-0.3, -0.25) is 0 Å². The molecule has 4 nitrogen and oxygen atoms in total. The molecule has 1 rings (SSSR count). The van der Waals surface area contributed by atoms with Crippen LogP contribution in [0.1, 0.15) is 5.56 Å². The summed E-state index contributed by atoms with van der Waals surface area (Å²) in [7, 11) is -1.63. The van der Waals surface area contributed by atoms with Gasteiger partial charge in [-0.15, -0.1) is 12.4 Å². The van der Waals surface area contributed by atoms with Gasteiger partial charge in [0, 0.05) is 17.6 Å². The van der Waals surface area contributed by atoms with Gasteiger partial charge in [0.1, 0.15) is 0 Å². The molecule has 0 aliphatic rings. The van der Waals surface area contributed by atoms with Gasteiger partial charge in [-0.1, -0.05) is 22.0 Å². The Morgan fingerprint density at radius 3 is 2.53 bits per heavy atom. The van der Waals surface area contributed by atoms with Gasteiger partial charge >= 0.3 is 0 Å². The summed E-state index contributed by atoms with van der Waals surface area (Å²) in [5.41, 5.74) is 0.722. The van der Waals surface area contributed by atoms with Crippen LogP contribution in [0, 0.1) is 6.92 Å². The first-order valence-corrected chi connectivity index (χ1v) is 7.16. The van der Waals surface area contributed by atoms with Crippen LogP contribution in [0.5, 0.6) is 0 Å². The molecule has 1 aromatic rings. The number of halogens is 2. The van der Waals surface area contributed by atoms with Crippen molar-refractivity contribution in [1.82, 2.24) is 10.0 Å². The predicted molar refractivity (Wildman–Crippen MR) is 75.2 cm³/mol. The minimum Gasteiger partial charge on any atom is -0.318 e. The predicted octanol–water partition coefficient (Wildman–Crippen LogP) is 1.68. The standard InChI is InChI=1S/C10H15BrN2O2S.ClH/c1-8-9(11)4-3-5-10(8)16(14,15)13-7-6-12-2;/h3-5,12-13H,6-7H2,1-2H3;1H. The number of hydrogen-bond acceptors (Lipinski definition) is 3. The monoisotopic (exact) mass is 342 g/mol. The van der Waals surface area contributed by atoms with Crippen molar-refractivity contribution in [1.29, 1.82) is 0 Å².